The first kappa shape index (κ1) is 13.6. The summed E-state index contributed by atoms with van der Waals surface area (Å²) >= 11 is 2.35. The van der Waals surface area contributed by atoms with Gasteiger partial charge in [-0.2, -0.15) is 0 Å². The molecule has 1 unspecified atom stereocenters. The van der Waals surface area contributed by atoms with Crippen LogP contribution < -0.4 is 0 Å². The summed E-state index contributed by atoms with van der Waals surface area (Å²) in [7, 11) is 0. The fourth-order valence-corrected chi connectivity index (χ4v) is 4.25. The van der Waals surface area contributed by atoms with Crippen LogP contribution in [0.4, 0.5) is 0 Å². The van der Waals surface area contributed by atoms with Crippen LogP contribution in [0, 0.1) is 9.49 Å². The van der Waals surface area contributed by atoms with Crippen LogP contribution in [0.2, 0.25) is 0 Å². The fraction of sp³-hybridized carbons (Fsp3) is 0.562. The normalized spacial score (nSPS) is 30.7. The molecule has 1 atom stereocenters. The third-order valence-electron chi connectivity index (χ3n) is 4.82. The fourth-order valence-electron chi connectivity index (χ4n) is 3.70. The van der Waals surface area contributed by atoms with Crippen molar-refractivity contribution in [1.29, 1.82) is 0 Å². The number of piperidine rings is 3. The van der Waals surface area contributed by atoms with E-state index in [4.69, 9.17) is 0 Å². The summed E-state index contributed by atoms with van der Waals surface area (Å²) in [6.45, 7) is 6.63. The molecular weight excluding hydrogens is 349 g/mol. The van der Waals surface area contributed by atoms with Gasteiger partial charge in [0.1, 0.15) is 0 Å². The number of hydrogen-bond donors (Lipinski definition) is 0. The van der Waals surface area contributed by atoms with Gasteiger partial charge in [0.05, 0.1) is 6.04 Å². The van der Waals surface area contributed by atoms with Crippen LogP contribution in [-0.2, 0) is 10.2 Å². The second-order valence-electron chi connectivity index (χ2n) is 6.35. The van der Waals surface area contributed by atoms with Crippen molar-refractivity contribution in [3.8, 4) is 0 Å². The van der Waals surface area contributed by atoms with Crippen LogP contribution in [0.1, 0.15) is 32.3 Å². The molecule has 0 amide bonds. The van der Waals surface area contributed by atoms with Gasteiger partial charge in [-0.25, -0.2) is 0 Å². The molecule has 3 aliphatic heterocycles. The zero-order valence-corrected chi connectivity index (χ0v) is 13.7. The third kappa shape index (κ3) is 2.25. The van der Waals surface area contributed by atoms with Gasteiger partial charge in [-0.1, -0.05) is 26.0 Å². The van der Waals surface area contributed by atoms with Gasteiger partial charge in [-0.05, 0) is 66.2 Å². The molecule has 1 aromatic carbocycles. The number of hydrogen-bond acceptors (Lipinski definition) is 2. The quantitative estimate of drug-likeness (QED) is 0.747. The topological polar surface area (TPSA) is 20.3 Å². The standard InChI is InChI=1S/C16H20INO/c1-16(2,12-4-3-5-13(17)10-12)15-14(19)11-6-8-18(15)9-7-11/h3-5,10-11,15H,6-9H2,1-2H3. The number of ketones is 1. The number of carbonyl (C=O) groups excluding carboxylic acids is 1. The lowest BCUT2D eigenvalue weighted by atomic mass is 9.68. The van der Waals surface area contributed by atoms with Gasteiger partial charge in [0, 0.05) is 14.9 Å². The molecule has 2 nitrogen and oxygen atoms in total. The number of Topliss-reactive ketones (excluding diaryl/α,β-unsaturated/α-hetero) is 1. The smallest absolute Gasteiger partial charge is 0.154 e. The van der Waals surface area contributed by atoms with E-state index in [1.165, 1.54) is 9.13 Å². The van der Waals surface area contributed by atoms with E-state index in [1.807, 2.05) is 0 Å². The van der Waals surface area contributed by atoms with E-state index in [0.29, 0.717) is 11.7 Å². The molecule has 2 bridgehead atoms. The lowest BCUT2D eigenvalue weighted by Crippen LogP contribution is -2.62. The van der Waals surface area contributed by atoms with Crippen molar-refractivity contribution in [3.05, 3.63) is 33.4 Å². The predicted molar refractivity (Wildman–Crippen MR) is 85.3 cm³/mol. The average Bonchev–Trinajstić information content (AvgIpc) is 2.39. The van der Waals surface area contributed by atoms with Crippen LogP contribution in [0.5, 0.6) is 0 Å². The molecule has 4 rings (SSSR count). The van der Waals surface area contributed by atoms with Gasteiger partial charge in [0.2, 0.25) is 0 Å². The molecule has 3 heteroatoms. The van der Waals surface area contributed by atoms with Gasteiger partial charge in [-0.3, -0.25) is 9.69 Å². The number of fused-ring (bicyclic) bond motifs is 3. The van der Waals surface area contributed by atoms with E-state index in [-0.39, 0.29) is 11.5 Å². The first-order chi connectivity index (χ1) is 9.00. The van der Waals surface area contributed by atoms with E-state index in [0.717, 1.165) is 25.9 Å². The number of halogens is 1. The maximum absolute atomic E-state index is 12.6. The molecule has 0 saturated carbocycles. The molecule has 102 valence electrons. The van der Waals surface area contributed by atoms with Crippen LogP contribution in [-0.4, -0.2) is 29.8 Å². The van der Waals surface area contributed by atoms with Crippen molar-refractivity contribution in [1.82, 2.24) is 4.90 Å². The number of nitrogens with zero attached hydrogens (tertiary/aromatic N) is 1. The van der Waals surface area contributed by atoms with Crippen molar-refractivity contribution in [2.24, 2.45) is 5.92 Å². The van der Waals surface area contributed by atoms with Gasteiger partial charge in [0.25, 0.3) is 0 Å². The van der Waals surface area contributed by atoms with Crippen molar-refractivity contribution in [3.63, 3.8) is 0 Å². The van der Waals surface area contributed by atoms with Crippen LogP contribution in [0.15, 0.2) is 24.3 Å². The SMILES string of the molecule is CC(C)(c1cccc(I)c1)C1C(=O)C2CCN1CC2. The molecule has 0 radical (unpaired) electrons. The van der Waals surface area contributed by atoms with Crippen LogP contribution in [0.3, 0.4) is 0 Å². The first-order valence-electron chi connectivity index (χ1n) is 7.04. The Morgan fingerprint density at radius 1 is 1.26 bits per heavy atom. The van der Waals surface area contributed by atoms with Crippen molar-refractivity contribution in [2.75, 3.05) is 13.1 Å². The van der Waals surface area contributed by atoms with Gasteiger partial charge < -0.3 is 0 Å². The third-order valence-corrected chi connectivity index (χ3v) is 5.49. The summed E-state index contributed by atoms with van der Waals surface area (Å²) in [4.78, 5) is 15.1. The van der Waals surface area contributed by atoms with Gasteiger partial charge in [-0.15, -0.1) is 0 Å². The zero-order valence-electron chi connectivity index (χ0n) is 11.5. The Morgan fingerprint density at radius 2 is 1.95 bits per heavy atom. The molecule has 0 spiro atoms. The highest BCUT2D eigenvalue weighted by molar-refractivity contribution is 14.1. The number of carbonyl (C=O) groups is 1. The molecule has 0 N–H and O–H groups in total. The largest absolute Gasteiger partial charge is 0.298 e. The molecule has 0 aromatic heterocycles. The number of benzene rings is 1. The monoisotopic (exact) mass is 369 g/mol. The van der Waals surface area contributed by atoms with E-state index in [9.17, 15) is 4.79 Å². The predicted octanol–water partition coefficient (Wildman–Crippen LogP) is 3.23. The Morgan fingerprint density at radius 3 is 2.53 bits per heavy atom. The Labute approximate surface area is 128 Å². The van der Waals surface area contributed by atoms with Gasteiger partial charge >= 0.3 is 0 Å². The lowest BCUT2D eigenvalue weighted by molar-refractivity contribution is -0.140. The molecule has 3 saturated heterocycles. The van der Waals surface area contributed by atoms with E-state index < -0.39 is 0 Å². The Balaban J connectivity index is 1.98. The minimum Gasteiger partial charge on any atom is -0.298 e. The summed E-state index contributed by atoms with van der Waals surface area (Å²) < 4.78 is 1.24. The minimum absolute atomic E-state index is 0.0678. The maximum atomic E-state index is 12.6. The average molecular weight is 369 g/mol. The highest BCUT2D eigenvalue weighted by atomic mass is 127. The second kappa shape index (κ2) is 4.85. The van der Waals surface area contributed by atoms with Crippen LogP contribution in [0.25, 0.3) is 0 Å². The summed E-state index contributed by atoms with van der Waals surface area (Å²) in [5.74, 6) is 0.790. The molecular formula is C16H20INO. The van der Waals surface area contributed by atoms with E-state index in [1.54, 1.807) is 0 Å². The summed E-state index contributed by atoms with van der Waals surface area (Å²) in [5.41, 5.74) is 1.18. The van der Waals surface area contributed by atoms with Crippen molar-refractivity contribution >= 4 is 28.4 Å². The summed E-state index contributed by atoms with van der Waals surface area (Å²) in [6, 6.07) is 8.66. The van der Waals surface area contributed by atoms with Crippen LogP contribution >= 0.6 is 22.6 Å². The van der Waals surface area contributed by atoms with Gasteiger partial charge in [0.15, 0.2) is 5.78 Å². The van der Waals surface area contributed by atoms with Crippen molar-refractivity contribution < 1.29 is 4.79 Å². The molecule has 0 aliphatic carbocycles. The molecule has 19 heavy (non-hydrogen) atoms. The second-order valence-corrected chi connectivity index (χ2v) is 7.59. The maximum Gasteiger partial charge on any atom is 0.154 e. The van der Waals surface area contributed by atoms with E-state index >= 15 is 0 Å². The van der Waals surface area contributed by atoms with Crippen molar-refractivity contribution in [2.45, 2.75) is 38.1 Å². The zero-order chi connectivity index (χ0) is 13.6. The Bertz CT molecular complexity index is 503. The molecule has 3 aliphatic rings. The highest BCUT2D eigenvalue weighted by Crippen LogP contribution is 2.39. The molecule has 1 aromatic rings. The highest BCUT2D eigenvalue weighted by Gasteiger charge is 2.48. The Kier molecular flexibility index (Phi) is 3.46. The molecule has 3 fully saturated rings. The summed E-state index contributed by atoms with van der Waals surface area (Å²) in [5, 5.41) is 0. The lowest BCUT2D eigenvalue weighted by Gasteiger charge is -2.50. The molecule has 3 heterocycles. The first-order valence-corrected chi connectivity index (χ1v) is 8.12. The Hall–Kier alpha value is -0.420. The number of rotatable bonds is 2. The minimum atomic E-state index is -0.0998. The van der Waals surface area contributed by atoms with E-state index in [2.05, 4.69) is 65.6 Å². The summed E-state index contributed by atoms with van der Waals surface area (Å²) in [6.07, 6.45) is 2.13.